The molecule has 0 atom stereocenters. The van der Waals surface area contributed by atoms with Gasteiger partial charge in [-0.25, -0.2) is 0 Å². The zero-order chi connectivity index (χ0) is 14.1. The highest BCUT2D eigenvalue weighted by Gasteiger charge is 2.24. The third kappa shape index (κ3) is 2.45. The van der Waals surface area contributed by atoms with Crippen molar-refractivity contribution in [2.45, 2.75) is 36.0 Å². The number of aromatic amines is 1. The van der Waals surface area contributed by atoms with Crippen LogP contribution in [0.5, 0.6) is 0 Å². The van der Waals surface area contributed by atoms with E-state index in [9.17, 15) is 5.21 Å². The van der Waals surface area contributed by atoms with Crippen LogP contribution >= 0.6 is 23.4 Å². The van der Waals surface area contributed by atoms with Crippen LogP contribution in [0.1, 0.15) is 29.8 Å². The number of aryl methyl sites for hydroxylation is 2. The van der Waals surface area contributed by atoms with Gasteiger partial charge >= 0.3 is 0 Å². The zero-order valence-electron chi connectivity index (χ0n) is 11.1. The molecule has 5 heteroatoms. The van der Waals surface area contributed by atoms with E-state index < -0.39 is 0 Å². The summed E-state index contributed by atoms with van der Waals surface area (Å²) in [5, 5.41) is 13.4. The van der Waals surface area contributed by atoms with Crippen LogP contribution in [0.2, 0.25) is 5.02 Å². The maximum absolute atomic E-state index is 9.22. The summed E-state index contributed by atoms with van der Waals surface area (Å²) in [6, 6.07) is 7.79. The summed E-state index contributed by atoms with van der Waals surface area (Å²) in [4.78, 5) is 5.70. The molecular weight excluding hydrogens is 292 g/mol. The SMILES string of the molecule is Cc1[nH]c2c(c1Sc1ccc(Cl)cc1)C(=NO)CCC2. The molecule has 0 bridgehead atoms. The first-order valence-electron chi connectivity index (χ1n) is 6.55. The molecular formula is C15H15ClN2OS. The Morgan fingerprint density at radius 3 is 2.70 bits per heavy atom. The van der Waals surface area contributed by atoms with Gasteiger partial charge in [-0.3, -0.25) is 0 Å². The van der Waals surface area contributed by atoms with Crippen LogP contribution in [0.25, 0.3) is 0 Å². The van der Waals surface area contributed by atoms with Crippen molar-refractivity contribution in [3.8, 4) is 0 Å². The maximum Gasteiger partial charge on any atom is 0.0897 e. The molecule has 3 rings (SSSR count). The Morgan fingerprint density at radius 2 is 2.00 bits per heavy atom. The van der Waals surface area contributed by atoms with Gasteiger partial charge in [-0.15, -0.1) is 0 Å². The molecule has 0 unspecified atom stereocenters. The highest BCUT2D eigenvalue weighted by atomic mass is 35.5. The molecule has 20 heavy (non-hydrogen) atoms. The van der Waals surface area contributed by atoms with Crippen molar-refractivity contribution >= 4 is 29.1 Å². The number of oxime groups is 1. The van der Waals surface area contributed by atoms with Crippen LogP contribution in [0.4, 0.5) is 0 Å². The number of hydrogen-bond acceptors (Lipinski definition) is 3. The molecule has 0 saturated carbocycles. The summed E-state index contributed by atoms with van der Waals surface area (Å²) in [5.74, 6) is 0. The smallest absolute Gasteiger partial charge is 0.0897 e. The molecule has 0 fully saturated rings. The van der Waals surface area contributed by atoms with Gasteiger partial charge in [-0.2, -0.15) is 0 Å². The maximum atomic E-state index is 9.22. The quantitative estimate of drug-likeness (QED) is 0.627. The van der Waals surface area contributed by atoms with Crippen LogP contribution in [-0.4, -0.2) is 15.9 Å². The van der Waals surface area contributed by atoms with Crippen LogP contribution < -0.4 is 0 Å². The van der Waals surface area contributed by atoms with Gasteiger partial charge in [0.2, 0.25) is 0 Å². The van der Waals surface area contributed by atoms with Gasteiger partial charge in [-0.05, 0) is 50.5 Å². The van der Waals surface area contributed by atoms with E-state index in [1.807, 2.05) is 24.3 Å². The van der Waals surface area contributed by atoms with Gasteiger partial charge in [0, 0.05) is 31.8 Å². The Bertz CT molecular complexity index is 661. The summed E-state index contributed by atoms with van der Waals surface area (Å²) in [7, 11) is 0. The lowest BCUT2D eigenvalue weighted by Crippen LogP contribution is -2.11. The van der Waals surface area contributed by atoms with Crippen molar-refractivity contribution in [2.24, 2.45) is 5.16 Å². The van der Waals surface area contributed by atoms with Crippen molar-refractivity contribution < 1.29 is 5.21 Å². The number of H-pyrrole nitrogens is 1. The topological polar surface area (TPSA) is 48.4 Å². The van der Waals surface area contributed by atoms with Crippen molar-refractivity contribution in [2.75, 3.05) is 0 Å². The van der Waals surface area contributed by atoms with Gasteiger partial charge in [0.25, 0.3) is 0 Å². The number of aromatic nitrogens is 1. The Labute approximate surface area is 127 Å². The van der Waals surface area contributed by atoms with E-state index in [2.05, 4.69) is 17.1 Å². The van der Waals surface area contributed by atoms with Crippen LogP contribution in [0.3, 0.4) is 0 Å². The Hall–Kier alpha value is -1.39. The second kappa shape index (κ2) is 5.54. The van der Waals surface area contributed by atoms with Crippen molar-refractivity contribution in [1.29, 1.82) is 0 Å². The van der Waals surface area contributed by atoms with Crippen molar-refractivity contribution in [3.63, 3.8) is 0 Å². The predicted octanol–water partition coefficient (Wildman–Crippen LogP) is 4.64. The number of rotatable bonds is 2. The molecule has 0 amide bonds. The first-order valence-corrected chi connectivity index (χ1v) is 7.74. The molecule has 2 aromatic rings. The summed E-state index contributed by atoms with van der Waals surface area (Å²) in [6.45, 7) is 2.06. The molecule has 0 spiro atoms. The number of nitrogens with one attached hydrogen (secondary N) is 1. The molecule has 0 saturated heterocycles. The fourth-order valence-electron chi connectivity index (χ4n) is 2.57. The van der Waals surface area contributed by atoms with Gasteiger partial charge in [-0.1, -0.05) is 28.5 Å². The third-order valence-electron chi connectivity index (χ3n) is 3.49. The minimum Gasteiger partial charge on any atom is -0.411 e. The molecule has 2 N–H and O–H groups in total. The largest absolute Gasteiger partial charge is 0.411 e. The average Bonchev–Trinajstić information content (AvgIpc) is 2.77. The molecule has 104 valence electrons. The lowest BCUT2D eigenvalue weighted by Gasteiger charge is -2.14. The molecule has 1 aliphatic rings. The Balaban J connectivity index is 2.01. The fourth-order valence-corrected chi connectivity index (χ4v) is 3.75. The monoisotopic (exact) mass is 306 g/mol. The molecule has 3 nitrogen and oxygen atoms in total. The van der Waals surface area contributed by atoms with E-state index in [0.717, 1.165) is 51.0 Å². The van der Waals surface area contributed by atoms with Crippen LogP contribution in [-0.2, 0) is 6.42 Å². The number of nitrogens with zero attached hydrogens (tertiary/aromatic N) is 1. The molecule has 1 aromatic heterocycles. The predicted molar refractivity (Wildman–Crippen MR) is 82.4 cm³/mol. The standard InChI is InChI=1S/C15H15ClN2OS/c1-9-15(20-11-7-5-10(16)6-8-11)14-12(17-9)3-2-4-13(14)18-19/h5-8,17,19H,2-4H2,1H3. The molecule has 0 aliphatic heterocycles. The van der Waals surface area contributed by atoms with E-state index in [-0.39, 0.29) is 0 Å². The highest BCUT2D eigenvalue weighted by Crippen LogP contribution is 2.38. The van der Waals surface area contributed by atoms with E-state index in [0.29, 0.717) is 0 Å². The minimum absolute atomic E-state index is 0.736. The Kier molecular flexibility index (Phi) is 3.76. The van der Waals surface area contributed by atoms with E-state index >= 15 is 0 Å². The fraction of sp³-hybridized carbons (Fsp3) is 0.267. The van der Waals surface area contributed by atoms with Crippen molar-refractivity contribution in [1.82, 2.24) is 4.98 Å². The van der Waals surface area contributed by atoms with E-state index in [1.54, 1.807) is 11.8 Å². The number of halogens is 1. The highest BCUT2D eigenvalue weighted by molar-refractivity contribution is 7.99. The van der Waals surface area contributed by atoms with Gasteiger partial charge in [0.15, 0.2) is 0 Å². The lowest BCUT2D eigenvalue weighted by atomic mass is 9.96. The minimum atomic E-state index is 0.736. The van der Waals surface area contributed by atoms with Gasteiger partial charge in [0.1, 0.15) is 0 Å². The number of hydrogen-bond donors (Lipinski definition) is 2. The van der Waals surface area contributed by atoms with E-state index in [4.69, 9.17) is 11.6 Å². The molecule has 1 heterocycles. The van der Waals surface area contributed by atoms with E-state index in [1.165, 1.54) is 5.69 Å². The van der Waals surface area contributed by atoms with Crippen molar-refractivity contribution in [3.05, 3.63) is 46.2 Å². The summed E-state index contributed by atoms with van der Waals surface area (Å²) in [6.07, 6.45) is 2.86. The normalized spacial score (nSPS) is 16.4. The molecule has 1 aliphatic carbocycles. The summed E-state index contributed by atoms with van der Waals surface area (Å²) in [5.41, 5.74) is 4.17. The average molecular weight is 307 g/mol. The first-order chi connectivity index (χ1) is 9.69. The van der Waals surface area contributed by atoms with Gasteiger partial charge in [0.05, 0.1) is 5.71 Å². The second-order valence-corrected chi connectivity index (χ2v) is 6.41. The lowest BCUT2D eigenvalue weighted by molar-refractivity contribution is 0.317. The Morgan fingerprint density at radius 1 is 1.25 bits per heavy atom. The first kappa shape index (κ1) is 13.6. The summed E-state index contributed by atoms with van der Waals surface area (Å²) >= 11 is 7.60. The second-order valence-electron chi connectivity index (χ2n) is 4.89. The van der Waals surface area contributed by atoms with Gasteiger partial charge < -0.3 is 10.2 Å². The third-order valence-corrected chi connectivity index (χ3v) is 4.97. The van der Waals surface area contributed by atoms with Crippen LogP contribution in [0, 0.1) is 6.92 Å². The number of benzene rings is 1. The van der Waals surface area contributed by atoms with Crippen LogP contribution in [0.15, 0.2) is 39.2 Å². The zero-order valence-corrected chi connectivity index (χ0v) is 12.7. The molecule has 0 radical (unpaired) electrons. The number of fused-ring (bicyclic) bond motifs is 1. The molecule has 1 aromatic carbocycles. The summed E-state index contributed by atoms with van der Waals surface area (Å²) < 4.78 is 0.